The Bertz CT molecular complexity index is 561. The van der Waals surface area contributed by atoms with Gasteiger partial charge in [-0.05, 0) is 50.5 Å². The molecule has 1 N–H and O–H groups in total. The van der Waals surface area contributed by atoms with Gasteiger partial charge in [0.1, 0.15) is 0 Å². The summed E-state index contributed by atoms with van der Waals surface area (Å²) in [6.45, 7) is 17.5. The zero-order valence-corrected chi connectivity index (χ0v) is 16.5. The van der Waals surface area contributed by atoms with Gasteiger partial charge in [-0.2, -0.15) is 0 Å². The molecule has 0 spiro atoms. The van der Waals surface area contributed by atoms with Crippen LogP contribution in [-0.4, -0.2) is 61.6 Å². The Morgan fingerprint density at radius 1 is 1.16 bits per heavy atom. The number of hydrogen-bond acceptors (Lipinski definition) is 3. The van der Waals surface area contributed by atoms with Crippen molar-refractivity contribution in [3.05, 3.63) is 23.8 Å². The number of hydrogen-bond donors (Lipinski definition) is 1. The molecule has 1 heterocycles. The van der Waals surface area contributed by atoms with Crippen LogP contribution in [0.4, 0.5) is 16.2 Å². The van der Waals surface area contributed by atoms with Crippen molar-refractivity contribution in [3.8, 4) is 0 Å². The molecular weight excluding hydrogens is 312 g/mol. The minimum Gasteiger partial charge on any atom is -0.372 e. The van der Waals surface area contributed by atoms with Gasteiger partial charge in [0.15, 0.2) is 0 Å². The zero-order valence-electron chi connectivity index (χ0n) is 16.5. The fraction of sp³-hybridized carbons (Fsp3) is 0.650. The van der Waals surface area contributed by atoms with E-state index in [-0.39, 0.29) is 6.03 Å². The third-order valence-electron chi connectivity index (χ3n) is 4.86. The number of aryl methyl sites for hydroxylation is 1. The van der Waals surface area contributed by atoms with Crippen molar-refractivity contribution in [2.24, 2.45) is 5.92 Å². The largest absolute Gasteiger partial charge is 0.372 e. The summed E-state index contributed by atoms with van der Waals surface area (Å²) >= 11 is 0. The van der Waals surface area contributed by atoms with E-state index in [2.05, 4.69) is 61.9 Å². The Hall–Kier alpha value is -1.75. The Labute approximate surface area is 153 Å². The van der Waals surface area contributed by atoms with Crippen molar-refractivity contribution in [2.45, 2.75) is 34.6 Å². The minimum atomic E-state index is 0.0166. The molecule has 1 aliphatic rings. The van der Waals surface area contributed by atoms with E-state index in [4.69, 9.17) is 0 Å². The van der Waals surface area contributed by atoms with Gasteiger partial charge in [0, 0.05) is 57.2 Å². The van der Waals surface area contributed by atoms with Crippen LogP contribution in [0.5, 0.6) is 0 Å². The molecule has 0 aliphatic carbocycles. The Balaban J connectivity index is 1.93. The van der Waals surface area contributed by atoms with Crippen molar-refractivity contribution in [1.29, 1.82) is 0 Å². The molecule has 1 saturated heterocycles. The van der Waals surface area contributed by atoms with Crippen molar-refractivity contribution in [1.82, 2.24) is 9.80 Å². The number of piperazine rings is 1. The van der Waals surface area contributed by atoms with E-state index in [0.29, 0.717) is 5.92 Å². The number of benzene rings is 1. The van der Waals surface area contributed by atoms with Crippen LogP contribution in [0.3, 0.4) is 0 Å². The fourth-order valence-corrected chi connectivity index (χ4v) is 3.42. The van der Waals surface area contributed by atoms with Crippen LogP contribution < -0.4 is 10.2 Å². The molecule has 2 amide bonds. The summed E-state index contributed by atoms with van der Waals surface area (Å²) in [5, 5.41) is 3.09. The zero-order chi connectivity index (χ0) is 18.4. The molecule has 0 aromatic heterocycles. The molecule has 25 heavy (non-hydrogen) atoms. The van der Waals surface area contributed by atoms with E-state index in [1.165, 1.54) is 5.69 Å². The summed E-state index contributed by atoms with van der Waals surface area (Å²) in [5.74, 6) is 0.673. The van der Waals surface area contributed by atoms with E-state index in [1.54, 1.807) is 0 Å². The lowest BCUT2D eigenvalue weighted by molar-refractivity contribution is 0.138. The van der Waals surface area contributed by atoms with Gasteiger partial charge >= 0.3 is 6.03 Å². The van der Waals surface area contributed by atoms with Crippen LogP contribution in [0.1, 0.15) is 33.3 Å². The number of nitrogens with zero attached hydrogens (tertiary/aromatic N) is 3. The SMILES string of the molecule is CCN(CC)c1ccc(NC(=O)N2CCN(CC(C)C)CC2)c(C)c1. The Morgan fingerprint density at radius 2 is 1.80 bits per heavy atom. The molecule has 1 fully saturated rings. The second-order valence-electron chi connectivity index (χ2n) is 7.28. The summed E-state index contributed by atoms with van der Waals surface area (Å²) in [6, 6.07) is 6.29. The van der Waals surface area contributed by atoms with Crippen LogP contribution in [0, 0.1) is 12.8 Å². The van der Waals surface area contributed by atoms with Crippen molar-refractivity contribution in [3.63, 3.8) is 0 Å². The fourth-order valence-electron chi connectivity index (χ4n) is 3.42. The molecule has 1 aromatic carbocycles. The molecule has 1 aliphatic heterocycles. The van der Waals surface area contributed by atoms with Gasteiger partial charge in [-0.15, -0.1) is 0 Å². The number of urea groups is 1. The molecule has 1 aromatic rings. The third-order valence-corrected chi connectivity index (χ3v) is 4.86. The molecule has 5 heteroatoms. The van der Waals surface area contributed by atoms with Gasteiger partial charge in [-0.3, -0.25) is 4.90 Å². The van der Waals surface area contributed by atoms with E-state index < -0.39 is 0 Å². The summed E-state index contributed by atoms with van der Waals surface area (Å²) < 4.78 is 0. The smallest absolute Gasteiger partial charge is 0.321 e. The number of carbonyl (C=O) groups excluding carboxylic acids is 1. The highest BCUT2D eigenvalue weighted by atomic mass is 16.2. The van der Waals surface area contributed by atoms with Crippen LogP contribution in [0.15, 0.2) is 18.2 Å². The maximum absolute atomic E-state index is 12.6. The van der Waals surface area contributed by atoms with Gasteiger partial charge in [0.2, 0.25) is 0 Å². The first-order valence-corrected chi connectivity index (χ1v) is 9.58. The second-order valence-corrected chi connectivity index (χ2v) is 7.28. The second kappa shape index (κ2) is 9.09. The third kappa shape index (κ3) is 5.36. The van der Waals surface area contributed by atoms with Gasteiger partial charge in [0.05, 0.1) is 0 Å². The molecule has 0 bridgehead atoms. The number of carbonyl (C=O) groups is 1. The molecule has 140 valence electrons. The van der Waals surface area contributed by atoms with E-state index in [9.17, 15) is 4.79 Å². The minimum absolute atomic E-state index is 0.0166. The highest BCUT2D eigenvalue weighted by molar-refractivity contribution is 5.90. The molecule has 0 unspecified atom stereocenters. The lowest BCUT2D eigenvalue weighted by Crippen LogP contribution is -2.50. The number of amides is 2. The van der Waals surface area contributed by atoms with Gasteiger partial charge < -0.3 is 15.1 Å². The topological polar surface area (TPSA) is 38.8 Å². The molecule has 0 saturated carbocycles. The first-order valence-electron chi connectivity index (χ1n) is 9.58. The first-order chi connectivity index (χ1) is 11.9. The predicted octanol–water partition coefficient (Wildman–Crippen LogP) is 3.65. The standard InChI is InChI=1S/C20H34N4O/c1-6-23(7-2)18-8-9-19(17(5)14-18)21-20(25)24-12-10-22(11-13-24)15-16(3)4/h8-9,14,16H,6-7,10-13,15H2,1-5H3,(H,21,25). The summed E-state index contributed by atoms with van der Waals surface area (Å²) in [4.78, 5) is 19.2. The Morgan fingerprint density at radius 3 is 2.32 bits per heavy atom. The summed E-state index contributed by atoms with van der Waals surface area (Å²) in [6.07, 6.45) is 0. The van der Waals surface area contributed by atoms with Crippen molar-refractivity contribution in [2.75, 3.05) is 56.0 Å². The normalized spacial score (nSPS) is 15.5. The maximum atomic E-state index is 12.6. The van der Waals surface area contributed by atoms with Crippen LogP contribution in [0.2, 0.25) is 0 Å². The highest BCUT2D eigenvalue weighted by Crippen LogP contribution is 2.23. The van der Waals surface area contributed by atoms with Gasteiger partial charge in [-0.1, -0.05) is 13.8 Å². The van der Waals surface area contributed by atoms with Gasteiger partial charge in [-0.25, -0.2) is 4.79 Å². The summed E-state index contributed by atoms with van der Waals surface area (Å²) in [7, 11) is 0. The molecule has 5 nitrogen and oxygen atoms in total. The average Bonchev–Trinajstić information content (AvgIpc) is 2.58. The van der Waals surface area contributed by atoms with E-state index in [1.807, 2.05) is 11.0 Å². The van der Waals surface area contributed by atoms with Gasteiger partial charge in [0.25, 0.3) is 0 Å². The van der Waals surface area contributed by atoms with Crippen LogP contribution >= 0.6 is 0 Å². The van der Waals surface area contributed by atoms with Crippen LogP contribution in [0.25, 0.3) is 0 Å². The summed E-state index contributed by atoms with van der Waals surface area (Å²) in [5.41, 5.74) is 3.23. The van der Waals surface area contributed by atoms with Crippen molar-refractivity contribution >= 4 is 17.4 Å². The predicted molar refractivity (Wildman–Crippen MR) is 107 cm³/mol. The van der Waals surface area contributed by atoms with Crippen molar-refractivity contribution < 1.29 is 4.79 Å². The molecule has 0 radical (unpaired) electrons. The Kier molecular flexibility index (Phi) is 7.12. The lowest BCUT2D eigenvalue weighted by Gasteiger charge is -2.35. The monoisotopic (exact) mass is 346 g/mol. The number of rotatable bonds is 6. The first kappa shape index (κ1) is 19.6. The number of anilines is 2. The number of nitrogens with one attached hydrogen (secondary N) is 1. The molecule has 0 atom stereocenters. The lowest BCUT2D eigenvalue weighted by atomic mass is 10.1. The molecular formula is C20H34N4O. The van der Waals surface area contributed by atoms with E-state index >= 15 is 0 Å². The highest BCUT2D eigenvalue weighted by Gasteiger charge is 2.21. The average molecular weight is 347 g/mol. The maximum Gasteiger partial charge on any atom is 0.321 e. The molecule has 2 rings (SSSR count). The van der Waals surface area contributed by atoms with Crippen LogP contribution in [-0.2, 0) is 0 Å². The van der Waals surface area contributed by atoms with E-state index in [0.717, 1.165) is 57.1 Å². The quantitative estimate of drug-likeness (QED) is 0.854.